The second-order valence-electron chi connectivity index (χ2n) is 5.03. The number of nitro benzene ring substituents is 1. The van der Waals surface area contributed by atoms with Crippen molar-refractivity contribution in [3.05, 3.63) is 33.9 Å². The smallest absolute Gasteiger partial charge is 0.364 e. The van der Waals surface area contributed by atoms with Gasteiger partial charge in [0.2, 0.25) is 0 Å². The van der Waals surface area contributed by atoms with Crippen LogP contribution in [0.4, 0.5) is 24.5 Å². The van der Waals surface area contributed by atoms with Crippen LogP contribution in [0.5, 0.6) is 0 Å². The Morgan fingerprint density at radius 1 is 1.43 bits per heavy atom. The van der Waals surface area contributed by atoms with Gasteiger partial charge in [-0.2, -0.15) is 13.2 Å². The average molecular weight is 303 g/mol. The summed E-state index contributed by atoms with van der Waals surface area (Å²) < 4.78 is 38.0. The highest BCUT2D eigenvalue weighted by Crippen LogP contribution is 2.37. The molecule has 0 saturated carbocycles. The van der Waals surface area contributed by atoms with Crippen molar-refractivity contribution in [1.82, 2.24) is 5.32 Å². The molecule has 8 heteroatoms. The maximum Gasteiger partial charge on any atom is 0.416 e. The first kappa shape index (κ1) is 15.6. The molecule has 116 valence electrons. The molecule has 1 atom stereocenters. The molecule has 1 heterocycles. The lowest BCUT2D eigenvalue weighted by molar-refractivity contribution is -0.384. The molecule has 1 N–H and O–H groups in total. The van der Waals surface area contributed by atoms with E-state index in [1.54, 1.807) is 11.9 Å². The van der Waals surface area contributed by atoms with Gasteiger partial charge in [-0.1, -0.05) is 0 Å². The Morgan fingerprint density at radius 2 is 2.14 bits per heavy atom. The molecule has 1 fully saturated rings. The van der Waals surface area contributed by atoms with Gasteiger partial charge in [-0.05, 0) is 32.0 Å². The molecule has 0 aromatic heterocycles. The molecule has 0 amide bonds. The van der Waals surface area contributed by atoms with Crippen LogP contribution in [0.25, 0.3) is 0 Å². The Hall–Kier alpha value is -1.83. The fourth-order valence-electron chi connectivity index (χ4n) is 2.54. The third-order valence-corrected chi connectivity index (χ3v) is 3.67. The molecule has 0 spiro atoms. The Bertz CT molecular complexity index is 534. The van der Waals surface area contributed by atoms with E-state index in [0.717, 1.165) is 18.9 Å². The fraction of sp³-hybridized carbons (Fsp3) is 0.538. The van der Waals surface area contributed by atoms with Crippen LogP contribution in [-0.4, -0.2) is 31.1 Å². The average Bonchev–Trinajstić information content (AvgIpc) is 2.45. The predicted octanol–water partition coefficient (Wildman–Crippen LogP) is 2.80. The van der Waals surface area contributed by atoms with E-state index in [2.05, 4.69) is 5.32 Å². The summed E-state index contributed by atoms with van der Waals surface area (Å²) in [5.74, 6) is 0. The SMILES string of the molecule is CNC1CCCN(c2ccc(C(F)(F)F)cc2[N+](=O)[O-])C1. The number of hydrogen-bond donors (Lipinski definition) is 1. The summed E-state index contributed by atoms with van der Waals surface area (Å²) in [4.78, 5) is 12.1. The number of anilines is 1. The number of rotatable bonds is 3. The first-order valence-corrected chi connectivity index (χ1v) is 6.60. The van der Waals surface area contributed by atoms with Crippen LogP contribution in [0.2, 0.25) is 0 Å². The summed E-state index contributed by atoms with van der Waals surface area (Å²) >= 11 is 0. The monoisotopic (exact) mass is 303 g/mol. The molecular weight excluding hydrogens is 287 g/mol. The quantitative estimate of drug-likeness (QED) is 0.689. The Kier molecular flexibility index (Phi) is 4.36. The predicted molar refractivity (Wildman–Crippen MR) is 72.4 cm³/mol. The third-order valence-electron chi connectivity index (χ3n) is 3.67. The largest absolute Gasteiger partial charge is 0.416 e. The summed E-state index contributed by atoms with van der Waals surface area (Å²) in [6.45, 7) is 1.15. The van der Waals surface area contributed by atoms with Crippen LogP contribution >= 0.6 is 0 Å². The third kappa shape index (κ3) is 3.44. The maximum absolute atomic E-state index is 12.7. The topological polar surface area (TPSA) is 58.4 Å². The van der Waals surface area contributed by atoms with E-state index in [4.69, 9.17) is 0 Å². The molecule has 0 bridgehead atoms. The Labute approximate surface area is 119 Å². The van der Waals surface area contributed by atoms with Crippen molar-refractivity contribution in [3.8, 4) is 0 Å². The number of alkyl halides is 3. The van der Waals surface area contributed by atoms with Crippen LogP contribution in [0, 0.1) is 10.1 Å². The lowest BCUT2D eigenvalue weighted by atomic mass is 10.0. The van der Waals surface area contributed by atoms with Crippen molar-refractivity contribution in [2.75, 3.05) is 25.0 Å². The van der Waals surface area contributed by atoms with Crippen LogP contribution < -0.4 is 10.2 Å². The Morgan fingerprint density at radius 3 is 2.71 bits per heavy atom. The zero-order valence-corrected chi connectivity index (χ0v) is 11.5. The fourth-order valence-corrected chi connectivity index (χ4v) is 2.54. The summed E-state index contributed by atoms with van der Waals surface area (Å²) in [5.41, 5.74) is -1.25. The van der Waals surface area contributed by atoms with Gasteiger partial charge in [0.25, 0.3) is 5.69 Å². The summed E-state index contributed by atoms with van der Waals surface area (Å²) in [5, 5.41) is 14.2. The van der Waals surface area contributed by atoms with Crippen molar-refractivity contribution in [2.45, 2.75) is 25.1 Å². The summed E-state index contributed by atoms with van der Waals surface area (Å²) in [7, 11) is 1.80. The van der Waals surface area contributed by atoms with E-state index in [-0.39, 0.29) is 11.7 Å². The van der Waals surface area contributed by atoms with Crippen molar-refractivity contribution in [3.63, 3.8) is 0 Å². The molecular formula is C13H16F3N3O2. The van der Waals surface area contributed by atoms with E-state index in [1.165, 1.54) is 6.07 Å². The highest BCUT2D eigenvalue weighted by atomic mass is 19.4. The lowest BCUT2D eigenvalue weighted by Crippen LogP contribution is -2.44. The minimum atomic E-state index is -4.58. The standard InChI is InChI=1S/C13H16F3N3O2/c1-17-10-3-2-6-18(8-10)11-5-4-9(13(14,15)16)7-12(11)19(20)21/h4-5,7,10,17H,2-3,6,8H2,1H3. The number of benzene rings is 1. The van der Waals surface area contributed by atoms with Crippen LogP contribution in [-0.2, 0) is 6.18 Å². The van der Waals surface area contributed by atoms with E-state index < -0.39 is 22.4 Å². The minimum Gasteiger partial charge on any atom is -0.364 e. The summed E-state index contributed by atoms with van der Waals surface area (Å²) in [6, 6.07) is 2.88. The first-order valence-electron chi connectivity index (χ1n) is 6.60. The molecule has 21 heavy (non-hydrogen) atoms. The molecule has 1 unspecified atom stereocenters. The second-order valence-corrected chi connectivity index (χ2v) is 5.03. The number of likely N-dealkylation sites (N-methyl/N-ethyl adjacent to an activating group) is 1. The molecule has 1 saturated heterocycles. The molecule has 1 aliphatic heterocycles. The van der Waals surface area contributed by atoms with E-state index in [1.807, 2.05) is 0 Å². The zero-order chi connectivity index (χ0) is 15.6. The number of nitrogens with zero attached hydrogens (tertiary/aromatic N) is 2. The highest BCUT2D eigenvalue weighted by molar-refractivity contribution is 5.65. The van der Waals surface area contributed by atoms with Gasteiger partial charge >= 0.3 is 6.18 Å². The maximum atomic E-state index is 12.7. The molecule has 2 rings (SSSR count). The van der Waals surface area contributed by atoms with Gasteiger partial charge in [0, 0.05) is 25.2 Å². The number of nitrogens with one attached hydrogen (secondary N) is 1. The summed E-state index contributed by atoms with van der Waals surface area (Å²) in [6.07, 6.45) is -2.80. The number of hydrogen-bond acceptors (Lipinski definition) is 4. The van der Waals surface area contributed by atoms with Gasteiger partial charge < -0.3 is 10.2 Å². The molecule has 1 aromatic carbocycles. The van der Waals surface area contributed by atoms with Gasteiger partial charge in [-0.25, -0.2) is 0 Å². The van der Waals surface area contributed by atoms with Crippen molar-refractivity contribution in [2.24, 2.45) is 0 Å². The van der Waals surface area contributed by atoms with Crippen LogP contribution in [0.1, 0.15) is 18.4 Å². The second kappa shape index (κ2) is 5.88. The normalized spacial score (nSPS) is 19.6. The van der Waals surface area contributed by atoms with Crippen molar-refractivity contribution < 1.29 is 18.1 Å². The molecule has 1 aliphatic rings. The first-order chi connectivity index (χ1) is 9.82. The van der Waals surface area contributed by atoms with E-state index in [0.29, 0.717) is 19.2 Å². The zero-order valence-electron chi connectivity index (χ0n) is 11.5. The van der Waals surface area contributed by atoms with E-state index >= 15 is 0 Å². The van der Waals surface area contributed by atoms with Gasteiger partial charge in [0.1, 0.15) is 5.69 Å². The van der Waals surface area contributed by atoms with E-state index in [9.17, 15) is 23.3 Å². The van der Waals surface area contributed by atoms with Crippen molar-refractivity contribution in [1.29, 1.82) is 0 Å². The molecule has 1 aromatic rings. The number of nitro groups is 1. The van der Waals surface area contributed by atoms with Crippen LogP contribution in [0.3, 0.4) is 0 Å². The number of piperidine rings is 1. The Balaban J connectivity index is 2.37. The lowest BCUT2D eigenvalue weighted by Gasteiger charge is -2.34. The molecule has 0 aliphatic carbocycles. The van der Waals surface area contributed by atoms with Crippen molar-refractivity contribution >= 4 is 11.4 Å². The highest BCUT2D eigenvalue weighted by Gasteiger charge is 2.34. The van der Waals surface area contributed by atoms with Gasteiger partial charge in [-0.15, -0.1) is 0 Å². The van der Waals surface area contributed by atoms with Gasteiger partial charge in [-0.3, -0.25) is 10.1 Å². The van der Waals surface area contributed by atoms with Gasteiger partial charge in [0.15, 0.2) is 0 Å². The number of halogens is 3. The minimum absolute atomic E-state index is 0.181. The molecule has 0 radical (unpaired) electrons. The van der Waals surface area contributed by atoms with Crippen LogP contribution in [0.15, 0.2) is 18.2 Å². The van der Waals surface area contributed by atoms with Gasteiger partial charge in [0.05, 0.1) is 10.5 Å². The molecule has 5 nitrogen and oxygen atoms in total.